The van der Waals surface area contributed by atoms with E-state index in [1.54, 1.807) is 57.6 Å². The van der Waals surface area contributed by atoms with Crippen molar-refractivity contribution in [3.63, 3.8) is 0 Å². The third-order valence-corrected chi connectivity index (χ3v) is 7.19. The molecular weight excluding hydrogens is 514 g/mol. The van der Waals surface area contributed by atoms with E-state index in [4.69, 9.17) is 28.1 Å². The Labute approximate surface area is 231 Å². The molecule has 1 atom stereocenters. The number of aryl methyl sites for hydroxylation is 1. The maximum atomic E-state index is 13.9. The predicted molar refractivity (Wildman–Crippen MR) is 149 cm³/mol. The van der Waals surface area contributed by atoms with E-state index < -0.39 is 11.7 Å². The van der Waals surface area contributed by atoms with Crippen LogP contribution in [0.15, 0.2) is 63.8 Å². The minimum absolute atomic E-state index is 0.150. The average molecular weight is 546 g/mol. The third kappa shape index (κ3) is 5.14. The molecule has 4 aromatic rings. The lowest BCUT2D eigenvalue weighted by Crippen LogP contribution is -2.42. The van der Waals surface area contributed by atoms with Gasteiger partial charge in [0, 0.05) is 35.7 Å². The smallest absolute Gasteiger partial charge is 0.336 e. The minimum atomic E-state index is -0.450. The zero-order valence-electron chi connectivity index (χ0n) is 23.1. The van der Waals surface area contributed by atoms with Gasteiger partial charge in [-0.15, -0.1) is 0 Å². The summed E-state index contributed by atoms with van der Waals surface area (Å²) in [7, 11) is 6.27. The van der Waals surface area contributed by atoms with Gasteiger partial charge in [-0.2, -0.15) is 0 Å². The molecule has 9 heteroatoms. The van der Waals surface area contributed by atoms with Crippen LogP contribution in [0.2, 0.25) is 0 Å². The fourth-order valence-corrected chi connectivity index (χ4v) is 5.12. The second-order valence-corrected chi connectivity index (χ2v) is 9.49. The summed E-state index contributed by atoms with van der Waals surface area (Å²) in [5.41, 5.74) is 3.22. The number of ether oxygens (including phenoxy) is 5. The Bertz CT molecular complexity index is 1600. The van der Waals surface area contributed by atoms with Crippen LogP contribution in [0.4, 0.5) is 0 Å². The van der Waals surface area contributed by atoms with E-state index >= 15 is 0 Å². The molecule has 0 saturated carbocycles. The lowest BCUT2D eigenvalue weighted by molar-refractivity contribution is 0.0588. The Kier molecular flexibility index (Phi) is 7.55. The number of hydrogen-bond acceptors (Lipinski definition) is 8. The summed E-state index contributed by atoms with van der Waals surface area (Å²) in [5, 5.41) is 0.829. The van der Waals surface area contributed by atoms with Gasteiger partial charge >= 0.3 is 5.63 Å². The van der Waals surface area contributed by atoms with Crippen LogP contribution < -0.4 is 29.3 Å². The summed E-state index contributed by atoms with van der Waals surface area (Å²) < 4.78 is 33.5. The molecule has 2 heterocycles. The lowest BCUT2D eigenvalue weighted by atomic mass is 9.91. The van der Waals surface area contributed by atoms with Crippen molar-refractivity contribution in [1.29, 1.82) is 0 Å². The van der Waals surface area contributed by atoms with Crippen molar-refractivity contribution in [3.8, 4) is 28.7 Å². The standard InChI is InChI=1S/C31H31NO8/c1-18-10-30(33)40-27-15-21(6-7-24(18)27)39-17-26-25-16-29(38-5)28(37-4)13-19(25)8-9-32(26)31(34)20-11-22(35-2)14-23(12-20)36-3/h6-7,10-16,26H,8-9,17H2,1-5H3. The van der Waals surface area contributed by atoms with E-state index in [2.05, 4.69) is 0 Å². The fraction of sp³-hybridized carbons (Fsp3) is 0.290. The first-order valence-corrected chi connectivity index (χ1v) is 12.8. The van der Waals surface area contributed by atoms with Gasteiger partial charge in [0.1, 0.15) is 29.4 Å². The zero-order valence-corrected chi connectivity index (χ0v) is 23.1. The second-order valence-electron chi connectivity index (χ2n) is 9.49. The summed E-state index contributed by atoms with van der Waals surface area (Å²) in [4.78, 5) is 27.7. The van der Waals surface area contributed by atoms with Crippen molar-refractivity contribution in [2.45, 2.75) is 19.4 Å². The van der Waals surface area contributed by atoms with Gasteiger partial charge in [-0.05, 0) is 66.4 Å². The molecule has 0 saturated heterocycles. The number of nitrogens with zero attached hydrogens (tertiary/aromatic N) is 1. The topological polar surface area (TPSA) is 96.7 Å². The Morgan fingerprint density at radius 1 is 0.875 bits per heavy atom. The Balaban J connectivity index is 1.53. The van der Waals surface area contributed by atoms with Gasteiger partial charge in [0.05, 0.1) is 34.5 Å². The highest BCUT2D eigenvalue weighted by Gasteiger charge is 2.34. The highest BCUT2D eigenvalue weighted by atomic mass is 16.5. The summed E-state index contributed by atoms with van der Waals surface area (Å²) in [6.45, 7) is 2.47. The van der Waals surface area contributed by atoms with Crippen molar-refractivity contribution < 1.29 is 32.9 Å². The number of methoxy groups -OCH3 is 4. The van der Waals surface area contributed by atoms with Gasteiger partial charge in [0.15, 0.2) is 11.5 Å². The molecule has 208 valence electrons. The molecule has 40 heavy (non-hydrogen) atoms. The van der Waals surface area contributed by atoms with Gasteiger partial charge in [0.2, 0.25) is 0 Å². The quantitative estimate of drug-likeness (QED) is 0.287. The molecule has 0 radical (unpaired) electrons. The van der Waals surface area contributed by atoms with Gasteiger partial charge in [-0.25, -0.2) is 4.79 Å². The van der Waals surface area contributed by atoms with E-state index in [1.807, 2.05) is 31.2 Å². The van der Waals surface area contributed by atoms with Crippen LogP contribution in [0.25, 0.3) is 11.0 Å². The average Bonchev–Trinajstić information content (AvgIpc) is 2.97. The number of benzene rings is 3. The number of fused-ring (bicyclic) bond motifs is 2. The monoisotopic (exact) mass is 545 g/mol. The van der Waals surface area contributed by atoms with Crippen LogP contribution in [0.5, 0.6) is 28.7 Å². The molecular formula is C31H31NO8. The molecule has 0 fully saturated rings. The van der Waals surface area contributed by atoms with Crippen LogP contribution >= 0.6 is 0 Å². The number of amides is 1. The van der Waals surface area contributed by atoms with Crippen LogP contribution in [0, 0.1) is 6.92 Å². The van der Waals surface area contributed by atoms with E-state index in [0.29, 0.717) is 52.9 Å². The maximum absolute atomic E-state index is 13.9. The van der Waals surface area contributed by atoms with Gasteiger partial charge in [0.25, 0.3) is 5.91 Å². The number of carbonyl (C=O) groups excluding carboxylic acids is 1. The van der Waals surface area contributed by atoms with Crippen LogP contribution in [-0.2, 0) is 6.42 Å². The van der Waals surface area contributed by atoms with E-state index in [9.17, 15) is 9.59 Å². The predicted octanol–water partition coefficient (Wildman–Crippen LogP) is 4.95. The molecule has 1 aromatic heterocycles. The van der Waals surface area contributed by atoms with Crippen LogP contribution in [0.3, 0.4) is 0 Å². The summed E-state index contributed by atoms with van der Waals surface area (Å²) >= 11 is 0. The van der Waals surface area contributed by atoms with Crippen molar-refractivity contribution in [3.05, 3.63) is 87.3 Å². The highest BCUT2D eigenvalue weighted by molar-refractivity contribution is 5.95. The largest absolute Gasteiger partial charge is 0.497 e. The molecule has 5 rings (SSSR count). The van der Waals surface area contributed by atoms with E-state index in [0.717, 1.165) is 22.1 Å². The Morgan fingerprint density at radius 2 is 1.57 bits per heavy atom. The number of carbonyl (C=O) groups is 1. The molecule has 3 aromatic carbocycles. The van der Waals surface area contributed by atoms with Crippen molar-refractivity contribution >= 4 is 16.9 Å². The van der Waals surface area contributed by atoms with Crippen LogP contribution in [0.1, 0.15) is 33.1 Å². The fourth-order valence-electron chi connectivity index (χ4n) is 5.12. The molecule has 9 nitrogen and oxygen atoms in total. The van der Waals surface area contributed by atoms with E-state index in [1.165, 1.54) is 6.07 Å². The highest BCUT2D eigenvalue weighted by Crippen LogP contribution is 2.39. The molecule has 0 bridgehead atoms. The number of hydrogen-bond donors (Lipinski definition) is 0. The van der Waals surface area contributed by atoms with Gasteiger partial charge in [-0.3, -0.25) is 4.79 Å². The van der Waals surface area contributed by atoms with Crippen molar-refractivity contribution in [1.82, 2.24) is 4.90 Å². The van der Waals surface area contributed by atoms with Crippen molar-refractivity contribution in [2.24, 2.45) is 0 Å². The van der Waals surface area contributed by atoms with Crippen molar-refractivity contribution in [2.75, 3.05) is 41.6 Å². The Morgan fingerprint density at radius 3 is 2.25 bits per heavy atom. The molecule has 1 aliphatic heterocycles. The lowest BCUT2D eigenvalue weighted by Gasteiger charge is -2.37. The number of rotatable bonds is 8. The third-order valence-electron chi connectivity index (χ3n) is 7.19. The SMILES string of the molecule is COc1cc(OC)cc(C(=O)N2CCc3cc(OC)c(OC)cc3C2COc2ccc3c(C)cc(=O)oc3c2)c1. The van der Waals surface area contributed by atoms with E-state index in [-0.39, 0.29) is 12.5 Å². The van der Waals surface area contributed by atoms with Crippen LogP contribution in [-0.4, -0.2) is 52.4 Å². The molecule has 0 N–H and O–H groups in total. The van der Waals surface area contributed by atoms with Gasteiger partial charge < -0.3 is 33.0 Å². The first kappa shape index (κ1) is 26.9. The molecule has 1 amide bonds. The maximum Gasteiger partial charge on any atom is 0.336 e. The molecule has 0 aliphatic carbocycles. The first-order valence-electron chi connectivity index (χ1n) is 12.8. The summed E-state index contributed by atoms with van der Waals surface area (Å²) in [5.74, 6) is 2.56. The Hall–Kier alpha value is -4.66. The molecule has 0 spiro atoms. The summed E-state index contributed by atoms with van der Waals surface area (Å²) in [6, 6.07) is 15.3. The van der Waals surface area contributed by atoms with Gasteiger partial charge in [-0.1, -0.05) is 0 Å². The second kappa shape index (κ2) is 11.2. The minimum Gasteiger partial charge on any atom is -0.497 e. The normalized spacial score (nSPS) is 14.4. The molecule has 1 unspecified atom stereocenters. The molecule has 1 aliphatic rings. The first-order chi connectivity index (χ1) is 19.3. The zero-order chi connectivity index (χ0) is 28.4. The summed E-state index contributed by atoms with van der Waals surface area (Å²) in [6.07, 6.45) is 0.624.